The summed E-state index contributed by atoms with van der Waals surface area (Å²) in [6.07, 6.45) is 0. The number of ether oxygens (including phenoxy) is 2. The maximum absolute atomic E-state index is 5.50. The van der Waals surface area contributed by atoms with Crippen molar-refractivity contribution in [3.05, 3.63) is 23.8 Å². The molecule has 3 heteroatoms. The minimum absolute atomic E-state index is 0.669. The quantitative estimate of drug-likeness (QED) is 0.724. The van der Waals surface area contributed by atoms with Crippen LogP contribution in [-0.4, -0.2) is 27.3 Å². The first-order valence-electron chi connectivity index (χ1n) is 4.70. The van der Waals surface area contributed by atoms with E-state index >= 15 is 0 Å². The van der Waals surface area contributed by atoms with Gasteiger partial charge in [0.2, 0.25) is 0 Å². The lowest BCUT2D eigenvalue weighted by atomic mass is 10.2. The molecule has 0 amide bonds. The van der Waals surface area contributed by atoms with Crippen molar-refractivity contribution in [3.8, 4) is 11.5 Å². The molecule has 0 bridgehead atoms. The van der Waals surface area contributed by atoms with Crippen molar-refractivity contribution in [2.45, 2.75) is 6.92 Å². The molecule has 0 spiro atoms. The van der Waals surface area contributed by atoms with E-state index in [9.17, 15) is 0 Å². The van der Waals surface area contributed by atoms with E-state index in [1.165, 1.54) is 0 Å². The molecule has 1 rings (SSSR count). The van der Waals surface area contributed by atoms with E-state index in [0.717, 1.165) is 23.6 Å². The number of aryl methyl sites for hydroxylation is 1. The van der Waals surface area contributed by atoms with E-state index in [4.69, 9.17) is 9.47 Å². The van der Waals surface area contributed by atoms with Crippen LogP contribution < -0.4 is 14.8 Å². The summed E-state index contributed by atoms with van der Waals surface area (Å²) in [5, 5.41) is 3.02. The Balaban J connectivity index is 2.60. The third kappa shape index (κ3) is 2.92. The molecule has 0 unspecified atom stereocenters. The molecule has 0 fully saturated rings. The molecule has 78 valence electrons. The van der Waals surface area contributed by atoms with Gasteiger partial charge in [-0.2, -0.15) is 0 Å². The second-order valence-corrected chi connectivity index (χ2v) is 3.08. The van der Waals surface area contributed by atoms with E-state index in [0.29, 0.717) is 6.61 Å². The number of rotatable bonds is 5. The molecule has 0 aliphatic carbocycles. The number of methoxy groups -OCH3 is 1. The molecule has 1 N–H and O–H groups in total. The topological polar surface area (TPSA) is 30.5 Å². The number of likely N-dealkylation sites (N-methyl/N-ethyl adjacent to an activating group) is 1. The summed E-state index contributed by atoms with van der Waals surface area (Å²) in [7, 11) is 3.57. The fraction of sp³-hybridized carbons (Fsp3) is 0.455. The van der Waals surface area contributed by atoms with Gasteiger partial charge in [0.05, 0.1) is 7.11 Å². The van der Waals surface area contributed by atoms with Crippen molar-refractivity contribution in [3.63, 3.8) is 0 Å². The van der Waals surface area contributed by atoms with Crippen molar-refractivity contribution >= 4 is 0 Å². The van der Waals surface area contributed by atoms with Gasteiger partial charge in [0.15, 0.2) is 0 Å². The van der Waals surface area contributed by atoms with Crippen molar-refractivity contribution in [1.29, 1.82) is 0 Å². The zero-order chi connectivity index (χ0) is 10.4. The fourth-order valence-electron chi connectivity index (χ4n) is 1.16. The smallest absolute Gasteiger partial charge is 0.125 e. The first kappa shape index (κ1) is 10.9. The van der Waals surface area contributed by atoms with Crippen LogP contribution in [0.15, 0.2) is 18.2 Å². The van der Waals surface area contributed by atoms with Crippen molar-refractivity contribution in [2.24, 2.45) is 0 Å². The molecule has 14 heavy (non-hydrogen) atoms. The lowest BCUT2D eigenvalue weighted by molar-refractivity contribution is 0.315. The fourth-order valence-corrected chi connectivity index (χ4v) is 1.16. The average Bonchev–Trinajstić information content (AvgIpc) is 2.21. The van der Waals surface area contributed by atoms with Gasteiger partial charge in [-0.25, -0.2) is 0 Å². The number of nitrogens with one attached hydrogen (secondary N) is 1. The van der Waals surface area contributed by atoms with E-state index in [2.05, 4.69) is 5.32 Å². The molecule has 0 heterocycles. The summed E-state index contributed by atoms with van der Waals surface area (Å²) < 4.78 is 10.7. The highest BCUT2D eigenvalue weighted by Crippen LogP contribution is 2.23. The largest absolute Gasteiger partial charge is 0.496 e. The Bertz CT molecular complexity index is 287. The predicted molar refractivity (Wildman–Crippen MR) is 57.2 cm³/mol. The van der Waals surface area contributed by atoms with E-state index in [-0.39, 0.29) is 0 Å². The molecule has 0 aliphatic heterocycles. The molecule has 0 aliphatic rings. The van der Waals surface area contributed by atoms with Gasteiger partial charge in [0.25, 0.3) is 0 Å². The molecule has 0 saturated heterocycles. The number of benzene rings is 1. The highest BCUT2D eigenvalue weighted by Gasteiger charge is 2.00. The maximum atomic E-state index is 5.50. The number of hydrogen-bond acceptors (Lipinski definition) is 3. The van der Waals surface area contributed by atoms with E-state index in [1.807, 2.05) is 32.2 Å². The van der Waals surface area contributed by atoms with Crippen LogP contribution in [-0.2, 0) is 0 Å². The van der Waals surface area contributed by atoms with Crippen LogP contribution in [0.5, 0.6) is 11.5 Å². The summed E-state index contributed by atoms with van der Waals surface area (Å²) >= 11 is 0. The van der Waals surface area contributed by atoms with Gasteiger partial charge in [0, 0.05) is 12.6 Å². The van der Waals surface area contributed by atoms with Crippen molar-refractivity contribution in [1.82, 2.24) is 5.32 Å². The summed E-state index contributed by atoms with van der Waals surface area (Å²) in [4.78, 5) is 0. The summed E-state index contributed by atoms with van der Waals surface area (Å²) in [6, 6.07) is 5.85. The lowest BCUT2D eigenvalue weighted by Crippen LogP contribution is -2.15. The Morgan fingerprint density at radius 3 is 2.79 bits per heavy atom. The standard InChI is InChI=1S/C11H17NO2/c1-9-4-5-10(8-11(9)13-3)14-7-6-12-2/h4-5,8,12H,6-7H2,1-3H3. The third-order valence-electron chi connectivity index (χ3n) is 2.00. The SMILES string of the molecule is CNCCOc1ccc(C)c(OC)c1. The van der Waals surface area contributed by atoms with Gasteiger partial charge >= 0.3 is 0 Å². The molecule has 3 nitrogen and oxygen atoms in total. The Hall–Kier alpha value is -1.22. The van der Waals surface area contributed by atoms with Crippen LogP contribution in [0.25, 0.3) is 0 Å². The molecule has 1 aromatic carbocycles. The second-order valence-electron chi connectivity index (χ2n) is 3.08. The Morgan fingerprint density at radius 1 is 1.36 bits per heavy atom. The van der Waals surface area contributed by atoms with Crippen LogP contribution in [0.3, 0.4) is 0 Å². The second kappa shape index (κ2) is 5.50. The zero-order valence-corrected chi connectivity index (χ0v) is 8.96. The van der Waals surface area contributed by atoms with Crippen molar-refractivity contribution in [2.75, 3.05) is 27.3 Å². The Morgan fingerprint density at radius 2 is 2.14 bits per heavy atom. The average molecular weight is 195 g/mol. The van der Waals surface area contributed by atoms with E-state index in [1.54, 1.807) is 7.11 Å². The van der Waals surface area contributed by atoms with Crippen LogP contribution in [0.4, 0.5) is 0 Å². The lowest BCUT2D eigenvalue weighted by Gasteiger charge is -2.09. The molecular formula is C11H17NO2. The van der Waals surface area contributed by atoms with Crippen LogP contribution >= 0.6 is 0 Å². The predicted octanol–water partition coefficient (Wildman–Crippen LogP) is 1.60. The van der Waals surface area contributed by atoms with Crippen LogP contribution in [0.1, 0.15) is 5.56 Å². The molecule has 0 atom stereocenters. The third-order valence-corrected chi connectivity index (χ3v) is 2.00. The van der Waals surface area contributed by atoms with Gasteiger partial charge in [-0.05, 0) is 25.6 Å². The van der Waals surface area contributed by atoms with Gasteiger partial charge in [-0.3, -0.25) is 0 Å². The van der Waals surface area contributed by atoms with Gasteiger partial charge < -0.3 is 14.8 Å². The van der Waals surface area contributed by atoms with Gasteiger partial charge in [-0.15, -0.1) is 0 Å². The van der Waals surface area contributed by atoms with Crippen LogP contribution in [0.2, 0.25) is 0 Å². The zero-order valence-electron chi connectivity index (χ0n) is 8.96. The Kier molecular flexibility index (Phi) is 4.26. The van der Waals surface area contributed by atoms with Gasteiger partial charge in [0.1, 0.15) is 18.1 Å². The molecular weight excluding hydrogens is 178 g/mol. The molecule has 0 saturated carbocycles. The van der Waals surface area contributed by atoms with Gasteiger partial charge in [-0.1, -0.05) is 6.07 Å². The summed E-state index contributed by atoms with van der Waals surface area (Å²) in [5.74, 6) is 1.72. The highest BCUT2D eigenvalue weighted by molar-refractivity contribution is 5.39. The minimum atomic E-state index is 0.669. The summed E-state index contributed by atoms with van der Waals surface area (Å²) in [5.41, 5.74) is 1.12. The maximum Gasteiger partial charge on any atom is 0.125 e. The van der Waals surface area contributed by atoms with Crippen LogP contribution in [0, 0.1) is 6.92 Å². The van der Waals surface area contributed by atoms with Crippen molar-refractivity contribution < 1.29 is 9.47 Å². The molecule has 0 radical (unpaired) electrons. The number of hydrogen-bond donors (Lipinski definition) is 1. The van der Waals surface area contributed by atoms with E-state index < -0.39 is 0 Å². The monoisotopic (exact) mass is 195 g/mol. The molecule has 0 aromatic heterocycles. The summed E-state index contributed by atoms with van der Waals surface area (Å²) in [6.45, 7) is 3.52. The first-order valence-corrected chi connectivity index (χ1v) is 4.70. The Labute approximate surface area is 85.0 Å². The highest BCUT2D eigenvalue weighted by atomic mass is 16.5. The minimum Gasteiger partial charge on any atom is -0.496 e. The molecule has 1 aromatic rings. The normalized spacial score (nSPS) is 9.93. The first-order chi connectivity index (χ1) is 6.77.